The first-order valence-electron chi connectivity index (χ1n) is 6.83. The molecule has 1 saturated carbocycles. The van der Waals surface area contributed by atoms with Crippen molar-refractivity contribution >= 4 is 15.9 Å². The maximum atomic E-state index is 13.1. The lowest BCUT2D eigenvalue weighted by Gasteiger charge is -2.12. The Balaban J connectivity index is 2.24. The van der Waals surface area contributed by atoms with E-state index >= 15 is 0 Å². The van der Waals surface area contributed by atoms with Crippen LogP contribution in [0.25, 0.3) is 5.69 Å². The Morgan fingerprint density at radius 1 is 1.30 bits per heavy atom. The highest BCUT2D eigenvalue weighted by molar-refractivity contribution is 9.08. The molecule has 3 nitrogen and oxygen atoms in total. The number of alkyl halides is 1. The Kier molecular flexibility index (Phi) is 3.54. The summed E-state index contributed by atoms with van der Waals surface area (Å²) in [5, 5.41) is 0.663. The van der Waals surface area contributed by atoms with Gasteiger partial charge in [0, 0.05) is 17.4 Å². The van der Waals surface area contributed by atoms with Gasteiger partial charge in [-0.05, 0) is 49.9 Å². The summed E-state index contributed by atoms with van der Waals surface area (Å²) in [5.74, 6) is 0.106. The van der Waals surface area contributed by atoms with E-state index in [1.165, 1.54) is 12.1 Å². The van der Waals surface area contributed by atoms with Gasteiger partial charge in [-0.15, -0.1) is 0 Å². The highest BCUT2D eigenvalue weighted by Crippen LogP contribution is 2.41. The summed E-state index contributed by atoms with van der Waals surface area (Å²) < 4.78 is 16.7. The first-order chi connectivity index (χ1) is 9.67. The van der Waals surface area contributed by atoms with Crippen molar-refractivity contribution in [2.45, 2.75) is 37.6 Å². The van der Waals surface area contributed by atoms with Gasteiger partial charge >= 0.3 is 0 Å². The maximum Gasteiger partial charge on any atom is 0.275 e. The van der Waals surface area contributed by atoms with E-state index in [-0.39, 0.29) is 11.4 Å². The molecule has 0 N–H and O–H groups in total. The fourth-order valence-corrected chi connectivity index (χ4v) is 3.29. The zero-order chi connectivity index (χ0) is 14.3. The molecule has 5 heteroatoms. The van der Waals surface area contributed by atoms with Crippen LogP contribution < -0.4 is 5.56 Å². The third-order valence-electron chi connectivity index (χ3n) is 3.77. The quantitative estimate of drug-likeness (QED) is 0.783. The monoisotopic (exact) mass is 338 g/mol. The maximum absolute atomic E-state index is 13.1. The van der Waals surface area contributed by atoms with Crippen LogP contribution in [0.4, 0.5) is 4.39 Å². The summed E-state index contributed by atoms with van der Waals surface area (Å²) in [6.07, 6.45) is 2.18. The molecule has 0 radical (unpaired) electrons. The number of benzene rings is 1. The predicted octanol–water partition coefficient (Wildman–Crippen LogP) is 3.57. The van der Waals surface area contributed by atoms with Crippen molar-refractivity contribution < 1.29 is 4.39 Å². The zero-order valence-electron chi connectivity index (χ0n) is 11.3. The minimum atomic E-state index is -0.292. The van der Waals surface area contributed by atoms with Crippen LogP contribution in [-0.4, -0.2) is 9.36 Å². The summed E-state index contributed by atoms with van der Waals surface area (Å²) in [4.78, 5) is 12.7. The van der Waals surface area contributed by atoms with Crippen molar-refractivity contribution in [2.24, 2.45) is 0 Å². The van der Waals surface area contributed by atoms with Crippen LogP contribution in [-0.2, 0) is 11.9 Å². The van der Waals surface area contributed by atoms with E-state index in [0.717, 1.165) is 24.1 Å². The molecule has 1 aliphatic carbocycles. The molecule has 106 valence electrons. The largest absolute Gasteiger partial charge is 0.281 e. The lowest BCUT2D eigenvalue weighted by atomic mass is 10.2. The summed E-state index contributed by atoms with van der Waals surface area (Å²) in [6, 6.07) is 6.08. The van der Waals surface area contributed by atoms with E-state index in [9.17, 15) is 9.18 Å². The molecule has 1 aromatic carbocycles. The van der Waals surface area contributed by atoms with Crippen LogP contribution >= 0.6 is 15.9 Å². The number of aromatic nitrogens is 2. The van der Waals surface area contributed by atoms with Gasteiger partial charge in [0.1, 0.15) is 5.82 Å². The molecule has 0 spiro atoms. The average Bonchev–Trinajstić information content (AvgIpc) is 3.24. The van der Waals surface area contributed by atoms with Gasteiger partial charge in [0.2, 0.25) is 0 Å². The fraction of sp³-hybridized carbons (Fsp3) is 0.400. The van der Waals surface area contributed by atoms with Crippen molar-refractivity contribution in [3.8, 4) is 5.69 Å². The molecule has 0 atom stereocenters. The summed E-state index contributed by atoms with van der Waals surface area (Å²) in [7, 11) is 0. The molecule has 20 heavy (non-hydrogen) atoms. The second kappa shape index (κ2) is 5.20. The van der Waals surface area contributed by atoms with Crippen molar-refractivity contribution in [1.29, 1.82) is 0 Å². The van der Waals surface area contributed by atoms with Gasteiger partial charge in [-0.1, -0.05) is 15.9 Å². The molecule has 2 aromatic rings. The van der Waals surface area contributed by atoms with E-state index in [4.69, 9.17) is 0 Å². The highest BCUT2D eigenvalue weighted by Gasteiger charge is 2.32. The molecule has 0 unspecified atom stereocenters. The van der Waals surface area contributed by atoms with E-state index < -0.39 is 0 Å². The third kappa shape index (κ3) is 2.14. The van der Waals surface area contributed by atoms with E-state index in [1.807, 2.05) is 11.6 Å². The molecule has 1 heterocycles. The summed E-state index contributed by atoms with van der Waals surface area (Å²) >= 11 is 3.49. The van der Waals surface area contributed by atoms with Crippen molar-refractivity contribution in [1.82, 2.24) is 9.36 Å². The van der Waals surface area contributed by atoms with Crippen LogP contribution in [0.2, 0.25) is 0 Å². The first-order valence-corrected chi connectivity index (χ1v) is 7.96. The minimum absolute atomic E-state index is 0.0374. The number of rotatable bonds is 4. The Morgan fingerprint density at radius 3 is 2.45 bits per heavy atom. The van der Waals surface area contributed by atoms with Crippen molar-refractivity contribution in [3.05, 3.63) is 51.7 Å². The summed E-state index contributed by atoms with van der Waals surface area (Å²) in [6.45, 7) is 2.72. The number of halogens is 2. The molecule has 0 bridgehead atoms. The summed E-state index contributed by atoms with van der Waals surface area (Å²) in [5.41, 5.74) is 2.72. The first kappa shape index (κ1) is 13.6. The van der Waals surface area contributed by atoms with Gasteiger partial charge in [-0.3, -0.25) is 9.48 Å². The lowest BCUT2D eigenvalue weighted by molar-refractivity contribution is 0.556. The third-order valence-corrected chi connectivity index (χ3v) is 4.30. The van der Waals surface area contributed by atoms with E-state index in [0.29, 0.717) is 23.5 Å². The van der Waals surface area contributed by atoms with Crippen LogP contribution in [0.3, 0.4) is 0 Å². The molecular weight excluding hydrogens is 323 g/mol. The smallest absolute Gasteiger partial charge is 0.275 e. The minimum Gasteiger partial charge on any atom is -0.281 e. The molecule has 0 saturated heterocycles. The zero-order valence-corrected chi connectivity index (χ0v) is 12.9. The molecule has 3 rings (SSSR count). The Hall–Kier alpha value is -1.36. The Morgan fingerprint density at radius 2 is 1.95 bits per heavy atom. The number of nitrogens with zero attached hydrogens (tertiary/aromatic N) is 2. The molecule has 1 fully saturated rings. The standard InChI is InChI=1S/C15H16BrFN2O/c1-2-18-13(9-16)14(10-3-4-10)15(20)19(18)12-7-5-11(17)6-8-12/h5-8,10H,2-4,9H2,1H3. The molecule has 0 aliphatic heterocycles. The average molecular weight is 339 g/mol. The predicted molar refractivity (Wildman–Crippen MR) is 80.3 cm³/mol. The molecule has 0 amide bonds. The Bertz CT molecular complexity index is 683. The van der Waals surface area contributed by atoms with Crippen LogP contribution in [0, 0.1) is 5.82 Å². The van der Waals surface area contributed by atoms with Crippen molar-refractivity contribution in [2.75, 3.05) is 0 Å². The van der Waals surface area contributed by atoms with Gasteiger partial charge in [0.05, 0.1) is 11.4 Å². The lowest BCUT2D eigenvalue weighted by Crippen LogP contribution is -2.22. The van der Waals surface area contributed by atoms with E-state index in [1.54, 1.807) is 16.8 Å². The highest BCUT2D eigenvalue weighted by atomic mass is 79.9. The van der Waals surface area contributed by atoms with Gasteiger partial charge in [-0.2, -0.15) is 0 Å². The van der Waals surface area contributed by atoms with Crippen LogP contribution in [0.5, 0.6) is 0 Å². The topological polar surface area (TPSA) is 26.9 Å². The molecular formula is C15H16BrFN2O. The van der Waals surface area contributed by atoms with Gasteiger partial charge in [-0.25, -0.2) is 9.07 Å². The number of hydrogen-bond donors (Lipinski definition) is 0. The van der Waals surface area contributed by atoms with E-state index in [2.05, 4.69) is 15.9 Å². The Labute approximate surface area is 125 Å². The fourth-order valence-electron chi connectivity index (χ4n) is 2.70. The van der Waals surface area contributed by atoms with Crippen LogP contribution in [0.1, 0.15) is 36.9 Å². The normalized spacial score (nSPS) is 14.8. The SMILES string of the molecule is CCn1c(CBr)c(C2CC2)c(=O)n1-c1ccc(F)cc1. The van der Waals surface area contributed by atoms with Gasteiger partial charge in [0.15, 0.2) is 0 Å². The van der Waals surface area contributed by atoms with Gasteiger partial charge < -0.3 is 0 Å². The second-order valence-corrected chi connectivity index (χ2v) is 5.64. The second-order valence-electron chi connectivity index (χ2n) is 5.08. The molecule has 1 aliphatic rings. The van der Waals surface area contributed by atoms with Gasteiger partial charge in [0.25, 0.3) is 5.56 Å². The molecule has 1 aromatic heterocycles. The van der Waals surface area contributed by atoms with Crippen LogP contribution in [0.15, 0.2) is 29.1 Å². The van der Waals surface area contributed by atoms with Crippen molar-refractivity contribution in [3.63, 3.8) is 0 Å². The number of hydrogen-bond acceptors (Lipinski definition) is 1.